The van der Waals surface area contributed by atoms with Crippen molar-refractivity contribution >= 4 is 24.2 Å². The molecule has 0 aromatic heterocycles. The van der Waals surface area contributed by atoms with Crippen LogP contribution in [0.2, 0.25) is 0 Å². The van der Waals surface area contributed by atoms with E-state index < -0.39 is 11.8 Å². The molecule has 6 nitrogen and oxygen atoms in total. The van der Waals surface area contributed by atoms with E-state index >= 15 is 0 Å². The van der Waals surface area contributed by atoms with Crippen molar-refractivity contribution in [1.82, 2.24) is 0 Å². The Balaban J connectivity index is 0. The van der Waals surface area contributed by atoms with Gasteiger partial charge >= 0.3 is 0 Å². The van der Waals surface area contributed by atoms with E-state index in [4.69, 9.17) is 11.5 Å². The average Bonchev–Trinajstić information content (AvgIpc) is 2.11. The number of carbonyl (C=O) groups excluding carboxylic acids is 2. The third-order valence-electron chi connectivity index (χ3n) is 1.78. The zero-order chi connectivity index (χ0) is 11.1. The van der Waals surface area contributed by atoms with E-state index in [2.05, 4.69) is 10.2 Å². The van der Waals surface area contributed by atoms with Gasteiger partial charge in [0.05, 0.1) is 24.9 Å². The average molecular weight is 237 g/mol. The van der Waals surface area contributed by atoms with E-state index in [-0.39, 0.29) is 37.3 Å². The van der Waals surface area contributed by atoms with Crippen LogP contribution in [-0.4, -0.2) is 24.9 Å². The number of nitrogens with zero attached hydrogens (tertiary/aromatic N) is 2. The molecule has 0 aliphatic carbocycles. The molecule has 15 heavy (non-hydrogen) atoms. The molecule has 0 aliphatic rings. The number of primary amides is 2. The minimum Gasteiger partial charge on any atom is -0.369 e. The standard InChI is InChI=1S/C8H16N4O2.ClH/c1-5(7(9)13)3-11-12-4-6(2)8(10)14;/h5-6H,3-4H2,1-2H3,(H2,9,13)(H2,10,14);1H. The molecule has 0 aromatic carbocycles. The van der Waals surface area contributed by atoms with Gasteiger partial charge in [0.1, 0.15) is 0 Å². The summed E-state index contributed by atoms with van der Waals surface area (Å²) in [5.74, 6) is -1.48. The van der Waals surface area contributed by atoms with E-state index in [0.29, 0.717) is 0 Å². The van der Waals surface area contributed by atoms with E-state index in [9.17, 15) is 9.59 Å². The molecule has 0 fully saturated rings. The van der Waals surface area contributed by atoms with Crippen LogP contribution in [0.25, 0.3) is 0 Å². The lowest BCUT2D eigenvalue weighted by molar-refractivity contribution is -0.122. The number of amides is 2. The molecule has 4 N–H and O–H groups in total. The number of nitrogens with two attached hydrogens (primary N) is 2. The summed E-state index contributed by atoms with van der Waals surface area (Å²) in [6, 6.07) is 0. The minimum absolute atomic E-state index is 0. The molecule has 0 saturated heterocycles. The highest BCUT2D eigenvalue weighted by Crippen LogP contribution is 1.97. The Morgan fingerprint density at radius 2 is 1.27 bits per heavy atom. The van der Waals surface area contributed by atoms with Gasteiger partial charge in [-0.15, -0.1) is 12.4 Å². The summed E-state index contributed by atoms with van der Waals surface area (Å²) in [5.41, 5.74) is 10.0. The smallest absolute Gasteiger partial charge is 0.222 e. The van der Waals surface area contributed by atoms with Gasteiger partial charge in [-0.1, -0.05) is 13.8 Å². The first-order chi connectivity index (χ1) is 6.45. The zero-order valence-corrected chi connectivity index (χ0v) is 9.66. The number of halogens is 1. The molecule has 0 spiro atoms. The third kappa shape index (κ3) is 7.87. The second kappa shape index (κ2) is 8.16. The van der Waals surface area contributed by atoms with Gasteiger partial charge in [0, 0.05) is 0 Å². The topological polar surface area (TPSA) is 111 Å². The molecule has 0 saturated carbocycles. The van der Waals surface area contributed by atoms with Crippen molar-refractivity contribution in [1.29, 1.82) is 0 Å². The Morgan fingerprint density at radius 3 is 1.47 bits per heavy atom. The summed E-state index contributed by atoms with van der Waals surface area (Å²) in [6.45, 7) is 3.83. The fourth-order valence-corrected chi connectivity index (χ4v) is 0.540. The van der Waals surface area contributed by atoms with E-state index in [0.717, 1.165) is 0 Å². The lowest BCUT2D eigenvalue weighted by Gasteiger charge is -2.02. The van der Waals surface area contributed by atoms with E-state index in [1.165, 1.54) is 0 Å². The molecule has 0 heterocycles. The Kier molecular flexibility index (Phi) is 8.85. The fraction of sp³-hybridized carbons (Fsp3) is 0.750. The van der Waals surface area contributed by atoms with Crippen LogP contribution >= 0.6 is 12.4 Å². The Bertz CT molecular complexity index is 221. The second-order valence-corrected chi connectivity index (χ2v) is 3.25. The molecule has 88 valence electrons. The van der Waals surface area contributed by atoms with Crippen LogP contribution in [0.3, 0.4) is 0 Å². The van der Waals surface area contributed by atoms with Gasteiger partial charge < -0.3 is 11.5 Å². The summed E-state index contributed by atoms with van der Waals surface area (Å²) in [4.78, 5) is 21.2. The third-order valence-corrected chi connectivity index (χ3v) is 1.78. The largest absolute Gasteiger partial charge is 0.369 e. The fourth-order valence-electron chi connectivity index (χ4n) is 0.540. The highest BCUT2D eigenvalue weighted by atomic mass is 35.5. The molecular formula is C8H17ClN4O2. The van der Waals surface area contributed by atoms with Crippen molar-refractivity contribution in [2.24, 2.45) is 33.5 Å². The summed E-state index contributed by atoms with van der Waals surface area (Å²) >= 11 is 0. The number of carbonyl (C=O) groups is 2. The molecule has 0 radical (unpaired) electrons. The van der Waals surface area contributed by atoms with Gasteiger partial charge in [0.2, 0.25) is 11.8 Å². The molecule has 2 amide bonds. The van der Waals surface area contributed by atoms with Crippen LogP contribution in [0.5, 0.6) is 0 Å². The zero-order valence-electron chi connectivity index (χ0n) is 8.84. The first-order valence-corrected chi connectivity index (χ1v) is 4.37. The van der Waals surface area contributed by atoms with Crippen molar-refractivity contribution in [2.75, 3.05) is 13.1 Å². The lowest BCUT2D eigenvalue weighted by Crippen LogP contribution is -2.23. The molecule has 0 rings (SSSR count). The predicted molar refractivity (Wildman–Crippen MR) is 58.6 cm³/mol. The van der Waals surface area contributed by atoms with Crippen molar-refractivity contribution in [3.8, 4) is 0 Å². The van der Waals surface area contributed by atoms with Gasteiger partial charge in [-0.2, -0.15) is 10.2 Å². The van der Waals surface area contributed by atoms with Crippen LogP contribution in [0.4, 0.5) is 0 Å². The highest BCUT2D eigenvalue weighted by Gasteiger charge is 2.08. The van der Waals surface area contributed by atoms with Crippen molar-refractivity contribution in [2.45, 2.75) is 13.8 Å². The summed E-state index contributed by atoms with van der Waals surface area (Å²) < 4.78 is 0. The van der Waals surface area contributed by atoms with Crippen LogP contribution < -0.4 is 11.5 Å². The first-order valence-electron chi connectivity index (χ1n) is 4.37. The van der Waals surface area contributed by atoms with Crippen molar-refractivity contribution in [3.05, 3.63) is 0 Å². The van der Waals surface area contributed by atoms with Crippen molar-refractivity contribution < 1.29 is 9.59 Å². The van der Waals surface area contributed by atoms with Gasteiger partial charge in [0.15, 0.2) is 0 Å². The maximum atomic E-state index is 10.6. The van der Waals surface area contributed by atoms with Crippen LogP contribution in [0, 0.1) is 11.8 Å². The number of rotatable bonds is 6. The van der Waals surface area contributed by atoms with Crippen LogP contribution in [0.15, 0.2) is 10.2 Å². The molecule has 0 aromatic rings. The quantitative estimate of drug-likeness (QED) is 0.638. The SMILES string of the molecule is CC(CN=NCC(C)C(N)=O)C(N)=O.Cl. The maximum absolute atomic E-state index is 10.6. The van der Waals surface area contributed by atoms with Gasteiger partial charge in [0.25, 0.3) is 0 Å². The van der Waals surface area contributed by atoms with Gasteiger partial charge in [-0.05, 0) is 0 Å². The predicted octanol–water partition coefficient (Wildman–Crippen LogP) is 0.103. The highest BCUT2D eigenvalue weighted by molar-refractivity contribution is 5.85. The summed E-state index contributed by atoms with van der Waals surface area (Å²) in [6.07, 6.45) is 0. The lowest BCUT2D eigenvalue weighted by atomic mass is 10.2. The van der Waals surface area contributed by atoms with E-state index in [1.807, 2.05) is 0 Å². The molecular weight excluding hydrogens is 220 g/mol. The maximum Gasteiger partial charge on any atom is 0.222 e. The van der Waals surface area contributed by atoms with Gasteiger partial charge in [-0.3, -0.25) is 9.59 Å². The Labute approximate surface area is 94.9 Å². The molecule has 0 bridgehead atoms. The minimum atomic E-state index is -0.410. The number of azo groups is 1. The Morgan fingerprint density at radius 1 is 1.00 bits per heavy atom. The van der Waals surface area contributed by atoms with Crippen molar-refractivity contribution in [3.63, 3.8) is 0 Å². The molecule has 2 unspecified atom stereocenters. The van der Waals surface area contributed by atoms with Crippen LogP contribution in [-0.2, 0) is 9.59 Å². The summed E-state index contributed by atoms with van der Waals surface area (Å²) in [5, 5.41) is 7.46. The van der Waals surface area contributed by atoms with Crippen LogP contribution in [0.1, 0.15) is 13.8 Å². The van der Waals surface area contributed by atoms with E-state index in [1.54, 1.807) is 13.8 Å². The monoisotopic (exact) mass is 236 g/mol. The summed E-state index contributed by atoms with van der Waals surface area (Å²) in [7, 11) is 0. The number of hydrogen-bond donors (Lipinski definition) is 2. The molecule has 2 atom stereocenters. The second-order valence-electron chi connectivity index (χ2n) is 3.25. The normalized spacial score (nSPS) is 14.3. The Hall–Kier alpha value is -1.17. The number of hydrogen-bond acceptors (Lipinski definition) is 4. The molecule has 0 aliphatic heterocycles. The first kappa shape index (κ1) is 16.3. The van der Waals surface area contributed by atoms with Gasteiger partial charge in [-0.25, -0.2) is 0 Å². The molecule has 7 heteroatoms.